The van der Waals surface area contributed by atoms with E-state index in [2.05, 4.69) is 6.92 Å². The van der Waals surface area contributed by atoms with Crippen LogP contribution >= 0.6 is 0 Å². The van der Waals surface area contributed by atoms with Crippen molar-refractivity contribution in [2.45, 2.75) is 45.6 Å². The summed E-state index contributed by atoms with van der Waals surface area (Å²) in [6.07, 6.45) is 12.2. The molecule has 0 saturated heterocycles. The van der Waals surface area contributed by atoms with Gasteiger partial charge in [-0.1, -0.05) is 38.0 Å². The molecule has 0 aromatic heterocycles. The highest BCUT2D eigenvalue weighted by molar-refractivity contribution is 5.87. The average molecular weight is 221 g/mol. The zero-order valence-corrected chi connectivity index (χ0v) is 10.6. The molecule has 1 fully saturated rings. The van der Waals surface area contributed by atoms with Crippen LogP contribution in [0, 0.1) is 5.92 Å². The highest BCUT2D eigenvalue weighted by Gasteiger charge is 2.26. The van der Waals surface area contributed by atoms with Crippen molar-refractivity contribution in [2.24, 2.45) is 5.92 Å². The number of allylic oxidation sites excluding steroid dienone is 3. The number of carbonyl (C=O) groups is 1. The summed E-state index contributed by atoms with van der Waals surface area (Å²) in [5, 5.41) is 0. The van der Waals surface area contributed by atoms with Gasteiger partial charge in [-0.15, -0.1) is 0 Å². The molecule has 2 nitrogen and oxygen atoms in total. The first-order chi connectivity index (χ1) is 7.66. The third-order valence-electron chi connectivity index (χ3n) is 3.45. The highest BCUT2D eigenvalue weighted by Crippen LogP contribution is 2.27. The van der Waals surface area contributed by atoms with Crippen LogP contribution in [0.4, 0.5) is 0 Å². The lowest BCUT2D eigenvalue weighted by molar-refractivity contribution is -0.128. The van der Waals surface area contributed by atoms with E-state index in [9.17, 15) is 4.79 Å². The quantitative estimate of drug-likeness (QED) is 0.529. The van der Waals surface area contributed by atoms with Crippen LogP contribution in [0.5, 0.6) is 0 Å². The van der Waals surface area contributed by atoms with Crippen molar-refractivity contribution in [3.63, 3.8) is 0 Å². The Morgan fingerprint density at radius 1 is 1.25 bits per heavy atom. The van der Waals surface area contributed by atoms with E-state index in [4.69, 9.17) is 0 Å². The van der Waals surface area contributed by atoms with Crippen molar-refractivity contribution in [3.05, 3.63) is 24.3 Å². The number of hydrogen-bond donors (Lipinski definition) is 0. The smallest absolute Gasteiger partial charge is 0.246 e. The zero-order chi connectivity index (χ0) is 12.0. The van der Waals surface area contributed by atoms with Crippen LogP contribution in [0.1, 0.15) is 39.5 Å². The second kappa shape index (κ2) is 6.51. The van der Waals surface area contributed by atoms with Crippen molar-refractivity contribution in [3.8, 4) is 0 Å². The van der Waals surface area contributed by atoms with Crippen molar-refractivity contribution in [2.75, 3.05) is 7.05 Å². The summed E-state index contributed by atoms with van der Waals surface area (Å²) in [7, 11) is 1.93. The maximum absolute atomic E-state index is 11.9. The van der Waals surface area contributed by atoms with Gasteiger partial charge >= 0.3 is 0 Å². The molecule has 1 aliphatic rings. The Kier molecular flexibility index (Phi) is 5.30. The number of hydrogen-bond acceptors (Lipinski definition) is 1. The van der Waals surface area contributed by atoms with Gasteiger partial charge in [0.25, 0.3) is 0 Å². The summed E-state index contributed by atoms with van der Waals surface area (Å²) >= 11 is 0. The van der Waals surface area contributed by atoms with Gasteiger partial charge in [-0.2, -0.15) is 0 Å². The SMILES string of the molecule is C/C=C/C=C/C(=O)N(C)C1CCCCC1C. The Labute approximate surface area is 99.0 Å². The number of likely N-dealkylation sites (N-methyl/N-ethyl adjacent to an activating group) is 1. The molecule has 2 unspecified atom stereocenters. The van der Waals surface area contributed by atoms with Gasteiger partial charge in [0.2, 0.25) is 5.91 Å². The molecule has 0 aromatic rings. The van der Waals surface area contributed by atoms with E-state index in [1.54, 1.807) is 6.08 Å². The molecule has 1 amide bonds. The first-order valence-electron chi connectivity index (χ1n) is 6.23. The maximum Gasteiger partial charge on any atom is 0.246 e. The minimum atomic E-state index is 0.122. The van der Waals surface area contributed by atoms with Gasteiger partial charge < -0.3 is 4.90 Å². The summed E-state index contributed by atoms with van der Waals surface area (Å²) in [4.78, 5) is 13.8. The van der Waals surface area contributed by atoms with Gasteiger partial charge in [0.15, 0.2) is 0 Å². The summed E-state index contributed by atoms with van der Waals surface area (Å²) in [5.74, 6) is 0.759. The lowest BCUT2D eigenvalue weighted by Crippen LogP contribution is -2.41. The topological polar surface area (TPSA) is 20.3 Å². The molecule has 2 atom stereocenters. The third-order valence-corrected chi connectivity index (χ3v) is 3.45. The van der Waals surface area contributed by atoms with Crippen LogP contribution in [0.15, 0.2) is 24.3 Å². The zero-order valence-electron chi connectivity index (χ0n) is 10.6. The van der Waals surface area contributed by atoms with E-state index in [1.165, 1.54) is 19.3 Å². The van der Waals surface area contributed by atoms with Gasteiger partial charge in [0, 0.05) is 19.2 Å². The van der Waals surface area contributed by atoms with E-state index in [0.29, 0.717) is 12.0 Å². The van der Waals surface area contributed by atoms with Crippen LogP contribution in [0.2, 0.25) is 0 Å². The molecule has 0 bridgehead atoms. The predicted molar refractivity (Wildman–Crippen MR) is 68.1 cm³/mol. The van der Waals surface area contributed by atoms with Gasteiger partial charge in [0.05, 0.1) is 0 Å². The van der Waals surface area contributed by atoms with E-state index in [1.807, 2.05) is 37.1 Å². The summed E-state index contributed by atoms with van der Waals surface area (Å²) in [5.41, 5.74) is 0. The first kappa shape index (κ1) is 13.0. The number of rotatable bonds is 3. The molecule has 1 saturated carbocycles. The molecule has 0 heterocycles. The molecular formula is C14H23NO. The van der Waals surface area contributed by atoms with Gasteiger partial charge in [-0.3, -0.25) is 4.79 Å². The highest BCUT2D eigenvalue weighted by atomic mass is 16.2. The van der Waals surface area contributed by atoms with Gasteiger partial charge in [-0.25, -0.2) is 0 Å². The third kappa shape index (κ3) is 3.51. The lowest BCUT2D eigenvalue weighted by atomic mass is 9.85. The number of amides is 1. The van der Waals surface area contributed by atoms with Crippen LogP contribution in [-0.4, -0.2) is 23.9 Å². The maximum atomic E-state index is 11.9. The molecule has 0 radical (unpaired) electrons. The summed E-state index contributed by atoms with van der Waals surface area (Å²) in [6.45, 7) is 4.20. The Bertz CT molecular complexity index is 280. The Morgan fingerprint density at radius 3 is 2.56 bits per heavy atom. The van der Waals surface area contributed by atoms with E-state index >= 15 is 0 Å². The van der Waals surface area contributed by atoms with Crippen LogP contribution in [-0.2, 0) is 4.79 Å². The monoisotopic (exact) mass is 221 g/mol. The second-order valence-electron chi connectivity index (χ2n) is 4.66. The van der Waals surface area contributed by atoms with Crippen molar-refractivity contribution in [1.29, 1.82) is 0 Å². The van der Waals surface area contributed by atoms with Crippen molar-refractivity contribution >= 4 is 5.91 Å². The first-order valence-corrected chi connectivity index (χ1v) is 6.23. The molecule has 0 aromatic carbocycles. The molecular weight excluding hydrogens is 198 g/mol. The largest absolute Gasteiger partial charge is 0.339 e. The summed E-state index contributed by atoms with van der Waals surface area (Å²) in [6, 6.07) is 0.427. The normalized spacial score (nSPS) is 26.4. The van der Waals surface area contributed by atoms with E-state index < -0.39 is 0 Å². The lowest BCUT2D eigenvalue weighted by Gasteiger charge is -2.35. The predicted octanol–water partition coefficient (Wildman–Crippen LogP) is 3.16. The Morgan fingerprint density at radius 2 is 1.94 bits per heavy atom. The fraction of sp³-hybridized carbons (Fsp3) is 0.643. The summed E-state index contributed by atoms with van der Waals surface area (Å²) < 4.78 is 0. The van der Waals surface area contributed by atoms with Gasteiger partial charge in [-0.05, 0) is 25.7 Å². The molecule has 2 heteroatoms. The van der Waals surface area contributed by atoms with Crippen LogP contribution in [0.3, 0.4) is 0 Å². The van der Waals surface area contributed by atoms with Crippen molar-refractivity contribution in [1.82, 2.24) is 4.90 Å². The molecule has 0 N–H and O–H groups in total. The van der Waals surface area contributed by atoms with Crippen molar-refractivity contribution < 1.29 is 4.79 Å². The molecule has 16 heavy (non-hydrogen) atoms. The minimum Gasteiger partial charge on any atom is -0.339 e. The second-order valence-corrected chi connectivity index (χ2v) is 4.66. The van der Waals surface area contributed by atoms with Crippen LogP contribution < -0.4 is 0 Å². The minimum absolute atomic E-state index is 0.122. The molecule has 90 valence electrons. The Hall–Kier alpha value is -1.05. The van der Waals surface area contributed by atoms with Crippen LogP contribution in [0.25, 0.3) is 0 Å². The molecule has 0 spiro atoms. The molecule has 1 aliphatic carbocycles. The standard InChI is InChI=1S/C14H23NO/c1-4-5-6-11-14(16)15(3)13-10-8-7-9-12(13)2/h4-6,11-13H,7-10H2,1-3H3/b5-4+,11-6+. The Balaban J connectivity index is 2.54. The number of carbonyl (C=O) groups excluding carboxylic acids is 1. The van der Waals surface area contributed by atoms with Gasteiger partial charge in [0.1, 0.15) is 0 Å². The average Bonchev–Trinajstić information content (AvgIpc) is 2.29. The fourth-order valence-electron chi connectivity index (χ4n) is 2.40. The van der Waals surface area contributed by atoms with E-state index in [-0.39, 0.29) is 5.91 Å². The number of nitrogens with zero attached hydrogens (tertiary/aromatic N) is 1. The fourth-order valence-corrected chi connectivity index (χ4v) is 2.40. The molecule has 1 rings (SSSR count). The van der Waals surface area contributed by atoms with E-state index in [0.717, 1.165) is 6.42 Å². The molecule has 0 aliphatic heterocycles.